The summed E-state index contributed by atoms with van der Waals surface area (Å²) in [5.41, 5.74) is 3.16. The Morgan fingerprint density at radius 2 is 2.26 bits per heavy atom. The first-order valence-electron chi connectivity index (χ1n) is 5.32. The summed E-state index contributed by atoms with van der Waals surface area (Å²) in [4.78, 5) is 4.17. The number of methoxy groups -OCH3 is 1. The number of nitrogens with one attached hydrogen (secondary N) is 1. The zero-order chi connectivity index (χ0) is 13.9. The molecule has 0 aliphatic heterocycles. The van der Waals surface area contributed by atoms with Crippen molar-refractivity contribution in [3.63, 3.8) is 0 Å². The van der Waals surface area contributed by atoms with E-state index in [1.54, 1.807) is 11.6 Å². The van der Waals surface area contributed by atoms with E-state index in [1.807, 2.05) is 5.38 Å². The second kappa shape index (κ2) is 5.55. The molecule has 0 atom stereocenters. The molecule has 6 nitrogen and oxygen atoms in total. The molecular weight excluding hydrogens is 286 g/mol. The summed E-state index contributed by atoms with van der Waals surface area (Å²) in [6.45, 7) is 0.480. The fourth-order valence-electron chi connectivity index (χ4n) is 1.51. The molecule has 0 aliphatic carbocycles. The van der Waals surface area contributed by atoms with E-state index in [2.05, 4.69) is 10.3 Å². The van der Waals surface area contributed by atoms with Crippen LogP contribution in [0.2, 0.25) is 0 Å². The Bertz CT molecular complexity index is 654. The molecule has 0 bridgehead atoms. The van der Waals surface area contributed by atoms with E-state index >= 15 is 0 Å². The predicted octanol–water partition coefficient (Wildman–Crippen LogP) is 1.41. The first-order chi connectivity index (χ1) is 9.00. The third-order valence-corrected chi connectivity index (χ3v) is 3.99. The number of primary sulfonamides is 1. The maximum Gasteiger partial charge on any atom is 0.238 e. The maximum atomic E-state index is 11.3. The third kappa shape index (κ3) is 3.43. The Labute approximate surface area is 115 Å². The Hall–Kier alpha value is -1.64. The lowest BCUT2D eigenvalue weighted by molar-refractivity contribution is 0.416. The number of nitrogens with zero attached hydrogens (tertiary/aromatic N) is 1. The average molecular weight is 299 g/mol. The minimum absolute atomic E-state index is 0.0362. The zero-order valence-electron chi connectivity index (χ0n) is 10.2. The van der Waals surface area contributed by atoms with Gasteiger partial charge in [0.25, 0.3) is 0 Å². The number of anilines is 1. The summed E-state index contributed by atoms with van der Waals surface area (Å²) in [6, 6.07) is 4.41. The van der Waals surface area contributed by atoms with Gasteiger partial charge in [-0.25, -0.2) is 18.5 Å². The fraction of sp³-hybridized carbons (Fsp3) is 0.182. The monoisotopic (exact) mass is 299 g/mol. The van der Waals surface area contributed by atoms with Crippen LogP contribution in [0.5, 0.6) is 5.75 Å². The smallest absolute Gasteiger partial charge is 0.238 e. The van der Waals surface area contributed by atoms with Gasteiger partial charge in [-0.1, -0.05) is 0 Å². The van der Waals surface area contributed by atoms with Crippen LogP contribution in [0.4, 0.5) is 5.69 Å². The second-order valence-corrected chi connectivity index (χ2v) is 6.02. The molecular formula is C11H13N3O3S2. The first-order valence-corrected chi connectivity index (χ1v) is 7.81. The van der Waals surface area contributed by atoms with Gasteiger partial charge < -0.3 is 10.1 Å². The van der Waals surface area contributed by atoms with Gasteiger partial charge >= 0.3 is 0 Å². The van der Waals surface area contributed by atoms with Crippen molar-refractivity contribution >= 4 is 27.0 Å². The van der Waals surface area contributed by atoms with E-state index in [0.717, 1.165) is 5.69 Å². The van der Waals surface area contributed by atoms with E-state index < -0.39 is 10.0 Å². The van der Waals surface area contributed by atoms with Crippen LogP contribution >= 0.6 is 11.3 Å². The summed E-state index contributed by atoms with van der Waals surface area (Å²) in [6.07, 6.45) is 0. The van der Waals surface area contributed by atoms with E-state index in [-0.39, 0.29) is 4.90 Å². The molecule has 0 unspecified atom stereocenters. The highest BCUT2D eigenvalue weighted by atomic mass is 32.2. The molecule has 0 aliphatic rings. The lowest BCUT2D eigenvalue weighted by Gasteiger charge is -2.11. The molecule has 19 heavy (non-hydrogen) atoms. The van der Waals surface area contributed by atoms with Crippen LogP contribution in [0.1, 0.15) is 5.69 Å². The molecule has 1 aromatic carbocycles. The van der Waals surface area contributed by atoms with Gasteiger partial charge in [-0.05, 0) is 18.2 Å². The molecule has 1 heterocycles. The first kappa shape index (κ1) is 13.8. The molecule has 3 N–H and O–H groups in total. The van der Waals surface area contributed by atoms with Gasteiger partial charge in [-0.3, -0.25) is 0 Å². The lowest BCUT2D eigenvalue weighted by Crippen LogP contribution is -2.13. The number of ether oxygens (including phenoxy) is 1. The summed E-state index contributed by atoms with van der Waals surface area (Å²) in [5.74, 6) is 0.544. The molecule has 0 saturated carbocycles. The van der Waals surface area contributed by atoms with Crippen LogP contribution in [0.25, 0.3) is 0 Å². The lowest BCUT2D eigenvalue weighted by atomic mass is 10.3. The normalized spacial score (nSPS) is 11.3. The van der Waals surface area contributed by atoms with Crippen LogP contribution in [0.3, 0.4) is 0 Å². The van der Waals surface area contributed by atoms with Crippen molar-refractivity contribution < 1.29 is 13.2 Å². The number of rotatable bonds is 5. The second-order valence-electron chi connectivity index (χ2n) is 3.74. The SMILES string of the molecule is COc1ccc(S(N)(=O)=O)cc1NCc1cscn1. The van der Waals surface area contributed by atoms with E-state index in [0.29, 0.717) is 18.0 Å². The molecule has 0 fully saturated rings. The summed E-state index contributed by atoms with van der Waals surface area (Å²) in [5, 5.41) is 10.1. The highest BCUT2D eigenvalue weighted by Gasteiger charge is 2.12. The van der Waals surface area contributed by atoms with Gasteiger partial charge in [-0.15, -0.1) is 11.3 Å². The number of sulfonamides is 1. The topological polar surface area (TPSA) is 94.3 Å². The number of hydrogen-bond donors (Lipinski definition) is 2. The van der Waals surface area contributed by atoms with Crippen LogP contribution < -0.4 is 15.2 Å². The predicted molar refractivity (Wildman–Crippen MR) is 73.8 cm³/mol. The van der Waals surface area contributed by atoms with Crippen molar-refractivity contribution in [2.75, 3.05) is 12.4 Å². The Morgan fingerprint density at radius 3 is 2.84 bits per heavy atom. The van der Waals surface area contributed by atoms with Crippen molar-refractivity contribution in [2.24, 2.45) is 5.14 Å². The van der Waals surface area contributed by atoms with Gasteiger partial charge in [0.1, 0.15) is 5.75 Å². The maximum absolute atomic E-state index is 11.3. The molecule has 0 radical (unpaired) electrons. The standard InChI is InChI=1S/C11H13N3O3S2/c1-17-11-3-2-9(19(12,15)16)4-10(11)13-5-8-6-18-7-14-8/h2-4,6-7,13H,5H2,1H3,(H2,12,15,16). The molecule has 0 saturated heterocycles. The highest BCUT2D eigenvalue weighted by molar-refractivity contribution is 7.89. The molecule has 1 aromatic heterocycles. The number of nitrogens with two attached hydrogens (primary N) is 1. The van der Waals surface area contributed by atoms with Gasteiger partial charge in [0.15, 0.2) is 0 Å². The van der Waals surface area contributed by atoms with Crippen LogP contribution in [0.15, 0.2) is 34.0 Å². The Balaban J connectivity index is 2.26. The van der Waals surface area contributed by atoms with E-state index in [1.165, 1.54) is 30.6 Å². The summed E-state index contributed by atoms with van der Waals surface area (Å²) >= 11 is 1.49. The van der Waals surface area contributed by atoms with E-state index in [4.69, 9.17) is 9.88 Å². The van der Waals surface area contributed by atoms with Gasteiger partial charge in [0.2, 0.25) is 10.0 Å². The minimum Gasteiger partial charge on any atom is -0.495 e. The van der Waals surface area contributed by atoms with Crippen molar-refractivity contribution in [1.29, 1.82) is 0 Å². The zero-order valence-corrected chi connectivity index (χ0v) is 11.8. The number of thiazole rings is 1. The Morgan fingerprint density at radius 1 is 1.47 bits per heavy atom. The van der Waals surface area contributed by atoms with Crippen molar-refractivity contribution in [3.05, 3.63) is 34.8 Å². The number of benzene rings is 1. The minimum atomic E-state index is -3.73. The van der Waals surface area contributed by atoms with Crippen LogP contribution in [-0.4, -0.2) is 20.5 Å². The Kier molecular flexibility index (Phi) is 4.03. The molecule has 0 spiro atoms. The van der Waals surface area contributed by atoms with Gasteiger partial charge in [0, 0.05) is 5.38 Å². The third-order valence-electron chi connectivity index (χ3n) is 2.44. The largest absolute Gasteiger partial charge is 0.495 e. The fourth-order valence-corrected chi connectivity index (χ4v) is 2.61. The molecule has 102 valence electrons. The molecule has 0 amide bonds. The molecule has 8 heteroatoms. The summed E-state index contributed by atoms with van der Waals surface area (Å²) in [7, 11) is -2.22. The van der Waals surface area contributed by atoms with Gasteiger partial charge in [-0.2, -0.15) is 0 Å². The van der Waals surface area contributed by atoms with Crippen molar-refractivity contribution in [2.45, 2.75) is 11.4 Å². The van der Waals surface area contributed by atoms with E-state index in [9.17, 15) is 8.42 Å². The van der Waals surface area contributed by atoms with Crippen molar-refractivity contribution in [3.8, 4) is 5.75 Å². The number of aromatic nitrogens is 1. The van der Waals surface area contributed by atoms with Crippen molar-refractivity contribution in [1.82, 2.24) is 4.98 Å². The van der Waals surface area contributed by atoms with Crippen LogP contribution in [-0.2, 0) is 16.6 Å². The average Bonchev–Trinajstić information content (AvgIpc) is 2.88. The molecule has 2 aromatic rings. The van der Waals surface area contributed by atoms with Gasteiger partial charge in [0.05, 0.1) is 35.4 Å². The highest BCUT2D eigenvalue weighted by Crippen LogP contribution is 2.27. The molecule has 2 rings (SSSR count). The summed E-state index contributed by atoms with van der Waals surface area (Å²) < 4.78 is 27.8. The number of hydrogen-bond acceptors (Lipinski definition) is 6. The quantitative estimate of drug-likeness (QED) is 0.870. The van der Waals surface area contributed by atoms with Crippen LogP contribution in [0, 0.1) is 0 Å².